The number of ether oxygens (including phenoxy) is 1. The Morgan fingerprint density at radius 3 is 1.48 bits per heavy atom. The number of allylic oxidation sites excluding steroid dienone is 1. The smallest absolute Gasteiger partial charge is 0.119 e. The molecule has 0 bridgehead atoms. The van der Waals surface area contributed by atoms with Gasteiger partial charge in [-0.3, -0.25) is 0 Å². The first-order valence-corrected chi connectivity index (χ1v) is 15.2. The zero-order valence-corrected chi connectivity index (χ0v) is 25.7. The van der Waals surface area contributed by atoms with E-state index in [1.165, 1.54) is 39.8 Å². The van der Waals surface area contributed by atoms with E-state index in [4.69, 9.17) is 4.74 Å². The maximum Gasteiger partial charge on any atom is 0.119 e. The van der Waals surface area contributed by atoms with E-state index in [0.29, 0.717) is 6.61 Å². The predicted octanol–water partition coefficient (Wildman–Crippen LogP) is 9.58. The van der Waals surface area contributed by atoms with Crippen LogP contribution in [0.4, 0.5) is 0 Å². The number of hydrogen-bond donors (Lipinski definition) is 0. The van der Waals surface area contributed by atoms with Gasteiger partial charge in [-0.2, -0.15) is 0 Å². The molecule has 0 N–H and O–H groups in total. The van der Waals surface area contributed by atoms with E-state index in [9.17, 15) is 0 Å². The Labute approximate surface area is 248 Å². The lowest BCUT2D eigenvalue weighted by molar-refractivity contribution is 0.223. The summed E-state index contributed by atoms with van der Waals surface area (Å²) in [5.41, 5.74) is 7.84. The molecule has 0 fully saturated rings. The Hall–Kier alpha value is -3.33. The van der Waals surface area contributed by atoms with E-state index in [1.807, 2.05) is 13.8 Å². The highest BCUT2D eigenvalue weighted by Crippen LogP contribution is 2.32. The Morgan fingerprint density at radius 1 is 0.600 bits per heavy atom. The minimum absolute atomic E-state index is 0.704. The van der Waals surface area contributed by atoms with Crippen LogP contribution >= 0.6 is 11.6 Å². The number of halogens is 1. The first-order valence-electron chi connectivity index (χ1n) is 14.5. The number of alkyl halides is 1. The van der Waals surface area contributed by atoms with E-state index < -0.39 is 0 Å². The van der Waals surface area contributed by atoms with Gasteiger partial charge in [0.15, 0.2) is 0 Å². The molecule has 212 valence electrons. The standard InChI is InChI=1S/C34H37NO.C2H6.CH3Cl/c1-3-35(4-2)24-25-36-33-22-20-31(21-23-33)34(30-18-12-7-13-19-30)32(26-28-14-8-5-9-15-28)27-29-16-10-6-11-17-29;2*1-2/h5-23H,3-4,24-27H2,1-2H3;1-2H3;1H3. The van der Waals surface area contributed by atoms with Crippen LogP contribution < -0.4 is 4.74 Å². The van der Waals surface area contributed by atoms with E-state index in [2.05, 4.69) is 146 Å². The summed E-state index contributed by atoms with van der Waals surface area (Å²) in [5.74, 6) is 0.922. The molecule has 3 heteroatoms. The van der Waals surface area contributed by atoms with Gasteiger partial charge in [-0.25, -0.2) is 0 Å². The Bertz CT molecular complexity index is 1160. The summed E-state index contributed by atoms with van der Waals surface area (Å²) in [6, 6.07) is 41.0. The fraction of sp³-hybridized carbons (Fsp3) is 0.297. The third-order valence-corrected chi connectivity index (χ3v) is 6.65. The third kappa shape index (κ3) is 10.7. The van der Waals surface area contributed by atoms with Crippen LogP contribution in [0.3, 0.4) is 0 Å². The zero-order valence-electron chi connectivity index (χ0n) is 24.9. The van der Waals surface area contributed by atoms with E-state index >= 15 is 0 Å². The number of benzene rings is 4. The fourth-order valence-electron chi connectivity index (χ4n) is 4.65. The Balaban J connectivity index is 0.00000134. The zero-order chi connectivity index (χ0) is 29.0. The Kier molecular flexibility index (Phi) is 16.2. The van der Waals surface area contributed by atoms with Crippen molar-refractivity contribution in [2.75, 3.05) is 32.6 Å². The highest BCUT2D eigenvalue weighted by atomic mass is 35.5. The molecule has 0 saturated heterocycles. The van der Waals surface area contributed by atoms with Crippen LogP contribution in [0.25, 0.3) is 5.57 Å². The highest BCUT2D eigenvalue weighted by Gasteiger charge is 2.14. The highest BCUT2D eigenvalue weighted by molar-refractivity contribution is 6.15. The van der Waals surface area contributed by atoms with Crippen LogP contribution in [0.1, 0.15) is 49.9 Å². The monoisotopic (exact) mass is 555 g/mol. The van der Waals surface area contributed by atoms with Crippen LogP contribution in [-0.4, -0.2) is 37.5 Å². The maximum absolute atomic E-state index is 6.07. The van der Waals surface area contributed by atoms with Gasteiger partial charge >= 0.3 is 0 Å². The molecular weight excluding hydrogens is 510 g/mol. The van der Waals surface area contributed by atoms with Crippen molar-refractivity contribution in [2.24, 2.45) is 0 Å². The van der Waals surface area contributed by atoms with Crippen molar-refractivity contribution in [3.05, 3.63) is 143 Å². The largest absolute Gasteiger partial charge is 0.492 e. The molecule has 0 unspecified atom stereocenters. The summed E-state index contributed by atoms with van der Waals surface area (Å²) < 4.78 is 6.07. The molecule has 4 rings (SSSR count). The van der Waals surface area contributed by atoms with Crippen molar-refractivity contribution < 1.29 is 4.74 Å². The second-order valence-corrected chi connectivity index (χ2v) is 9.07. The van der Waals surface area contributed by atoms with Gasteiger partial charge < -0.3 is 9.64 Å². The molecule has 0 aliphatic rings. The molecule has 2 nitrogen and oxygen atoms in total. The molecule has 0 aromatic heterocycles. The van der Waals surface area contributed by atoms with Gasteiger partial charge in [0.2, 0.25) is 0 Å². The molecule has 0 radical (unpaired) electrons. The quantitative estimate of drug-likeness (QED) is 0.161. The molecule has 0 aliphatic carbocycles. The molecule has 0 amide bonds. The molecule has 0 saturated carbocycles. The first kappa shape index (κ1) is 32.9. The Morgan fingerprint density at radius 2 is 1.02 bits per heavy atom. The van der Waals surface area contributed by atoms with E-state index in [1.54, 1.807) is 0 Å². The minimum atomic E-state index is 0.704. The molecule has 0 heterocycles. The van der Waals surface area contributed by atoms with Gasteiger partial charge in [-0.1, -0.05) is 136 Å². The second kappa shape index (κ2) is 19.7. The van der Waals surface area contributed by atoms with Gasteiger partial charge in [-0.05, 0) is 65.9 Å². The van der Waals surface area contributed by atoms with Crippen LogP contribution in [0.15, 0.2) is 121 Å². The van der Waals surface area contributed by atoms with Gasteiger partial charge in [0.05, 0.1) is 0 Å². The molecule has 4 aromatic carbocycles. The molecular formula is C37H46ClNO. The molecule has 0 atom stereocenters. The molecule has 0 aliphatic heterocycles. The lowest BCUT2D eigenvalue weighted by Gasteiger charge is -2.19. The summed E-state index contributed by atoms with van der Waals surface area (Å²) in [7, 11) is 0. The summed E-state index contributed by atoms with van der Waals surface area (Å²) in [4.78, 5) is 2.38. The van der Waals surface area contributed by atoms with Gasteiger partial charge in [-0.15, -0.1) is 11.6 Å². The number of nitrogens with zero attached hydrogens (tertiary/aromatic N) is 1. The SMILES string of the molecule is CC.CCN(CC)CCOc1ccc(C(=C(Cc2ccccc2)Cc2ccccc2)c2ccccc2)cc1.CCl. The van der Waals surface area contributed by atoms with Crippen molar-refractivity contribution in [2.45, 2.75) is 40.5 Å². The van der Waals surface area contributed by atoms with Gasteiger partial charge in [0.25, 0.3) is 0 Å². The van der Waals surface area contributed by atoms with Crippen molar-refractivity contribution in [3.63, 3.8) is 0 Å². The lowest BCUT2D eigenvalue weighted by atomic mass is 9.87. The lowest BCUT2D eigenvalue weighted by Crippen LogP contribution is -2.27. The molecule has 0 spiro atoms. The number of rotatable bonds is 12. The van der Waals surface area contributed by atoms with Gasteiger partial charge in [0, 0.05) is 12.9 Å². The predicted molar refractivity (Wildman–Crippen MR) is 176 cm³/mol. The van der Waals surface area contributed by atoms with Crippen LogP contribution in [0.2, 0.25) is 0 Å². The van der Waals surface area contributed by atoms with E-state index in [-0.39, 0.29) is 0 Å². The number of likely N-dealkylation sites (N-methyl/N-ethyl adjacent to an activating group) is 1. The first-order chi connectivity index (χ1) is 19.8. The third-order valence-electron chi connectivity index (χ3n) is 6.65. The summed E-state index contributed by atoms with van der Waals surface area (Å²) >= 11 is 4.64. The molecule has 4 aromatic rings. The maximum atomic E-state index is 6.07. The van der Waals surface area contributed by atoms with Crippen LogP contribution in [-0.2, 0) is 12.8 Å². The topological polar surface area (TPSA) is 12.5 Å². The normalized spacial score (nSPS) is 10.1. The van der Waals surface area contributed by atoms with E-state index in [0.717, 1.165) is 38.2 Å². The van der Waals surface area contributed by atoms with Gasteiger partial charge in [0.1, 0.15) is 12.4 Å². The van der Waals surface area contributed by atoms with Crippen LogP contribution in [0, 0.1) is 0 Å². The summed E-state index contributed by atoms with van der Waals surface area (Å²) in [6.45, 7) is 12.1. The fourth-order valence-corrected chi connectivity index (χ4v) is 4.65. The second-order valence-electron chi connectivity index (χ2n) is 9.07. The van der Waals surface area contributed by atoms with Crippen molar-refractivity contribution in [3.8, 4) is 5.75 Å². The average molecular weight is 556 g/mol. The van der Waals surface area contributed by atoms with Crippen LogP contribution in [0.5, 0.6) is 5.75 Å². The molecule has 40 heavy (non-hydrogen) atoms. The average Bonchev–Trinajstić information content (AvgIpc) is 3.04. The van der Waals surface area contributed by atoms with Crippen molar-refractivity contribution in [1.82, 2.24) is 4.90 Å². The minimum Gasteiger partial charge on any atom is -0.492 e. The summed E-state index contributed by atoms with van der Waals surface area (Å²) in [5, 5.41) is 0. The van der Waals surface area contributed by atoms with Crippen molar-refractivity contribution in [1.29, 1.82) is 0 Å². The number of hydrogen-bond acceptors (Lipinski definition) is 2. The summed E-state index contributed by atoms with van der Waals surface area (Å²) in [6.07, 6.45) is 3.28. The van der Waals surface area contributed by atoms with Crippen molar-refractivity contribution >= 4 is 17.2 Å².